The van der Waals surface area contributed by atoms with Crippen molar-refractivity contribution in [3.63, 3.8) is 0 Å². The maximum atomic E-state index is 11.6. The van der Waals surface area contributed by atoms with E-state index in [9.17, 15) is 9.59 Å². The Labute approximate surface area is 108 Å². The first-order valence-corrected chi connectivity index (χ1v) is 6.75. The van der Waals surface area contributed by atoms with E-state index in [-0.39, 0.29) is 18.5 Å². The number of nitrogens with one attached hydrogen (secondary N) is 2. The number of carbonyl (C=O) groups is 2. The molecule has 0 spiro atoms. The van der Waals surface area contributed by atoms with Crippen LogP contribution in [0.4, 0.5) is 4.79 Å². The molecular weight excluding hydrogens is 232 g/mol. The summed E-state index contributed by atoms with van der Waals surface area (Å²) < 4.78 is 0. The van der Waals surface area contributed by atoms with Crippen LogP contribution in [0.5, 0.6) is 0 Å². The summed E-state index contributed by atoms with van der Waals surface area (Å²) >= 11 is 0. The predicted molar refractivity (Wildman–Crippen MR) is 69.4 cm³/mol. The van der Waals surface area contributed by atoms with E-state index in [2.05, 4.69) is 24.5 Å². The van der Waals surface area contributed by atoms with E-state index in [1.54, 1.807) is 0 Å². The Hall–Kier alpha value is -1.26. The molecule has 0 aromatic rings. The number of carboxylic acids is 1. The van der Waals surface area contributed by atoms with Crippen LogP contribution in [0.2, 0.25) is 0 Å². The predicted octanol–water partition coefficient (Wildman–Crippen LogP) is 1.98. The average molecular weight is 256 g/mol. The van der Waals surface area contributed by atoms with Crippen LogP contribution in [0.3, 0.4) is 0 Å². The van der Waals surface area contributed by atoms with Gasteiger partial charge in [0.15, 0.2) is 0 Å². The van der Waals surface area contributed by atoms with Gasteiger partial charge in [0.05, 0.1) is 0 Å². The number of carboxylic acid groups (broad SMARTS) is 1. The summed E-state index contributed by atoms with van der Waals surface area (Å²) in [5, 5.41) is 14.1. The third-order valence-electron chi connectivity index (χ3n) is 3.79. The summed E-state index contributed by atoms with van der Waals surface area (Å²) in [7, 11) is 0. The fraction of sp³-hybridized carbons (Fsp3) is 0.846. The molecule has 1 rings (SSSR count). The molecular formula is C13H24N2O3. The van der Waals surface area contributed by atoms with Gasteiger partial charge in [-0.05, 0) is 37.5 Å². The molecule has 5 nitrogen and oxygen atoms in total. The molecule has 1 aliphatic carbocycles. The Balaban J connectivity index is 2.14. The molecule has 0 bridgehead atoms. The third kappa shape index (κ3) is 5.38. The van der Waals surface area contributed by atoms with Crippen LogP contribution in [-0.2, 0) is 4.79 Å². The number of hydrogen-bond donors (Lipinski definition) is 3. The van der Waals surface area contributed by atoms with E-state index in [0.717, 1.165) is 25.2 Å². The highest BCUT2D eigenvalue weighted by Gasteiger charge is 2.25. The highest BCUT2D eigenvalue weighted by molar-refractivity contribution is 5.74. The van der Waals surface area contributed by atoms with Gasteiger partial charge in [0, 0.05) is 19.0 Å². The van der Waals surface area contributed by atoms with Gasteiger partial charge in [-0.3, -0.25) is 4.79 Å². The van der Waals surface area contributed by atoms with Crippen LogP contribution >= 0.6 is 0 Å². The molecule has 0 radical (unpaired) electrons. The molecule has 0 saturated heterocycles. The van der Waals surface area contributed by atoms with Crippen LogP contribution in [0, 0.1) is 11.8 Å². The van der Waals surface area contributed by atoms with Gasteiger partial charge in [0.1, 0.15) is 0 Å². The van der Waals surface area contributed by atoms with Gasteiger partial charge in [0.2, 0.25) is 0 Å². The number of aliphatic carboxylic acids is 1. The van der Waals surface area contributed by atoms with Crippen molar-refractivity contribution >= 4 is 12.0 Å². The van der Waals surface area contributed by atoms with Crippen molar-refractivity contribution < 1.29 is 14.7 Å². The molecule has 1 saturated carbocycles. The summed E-state index contributed by atoms with van der Waals surface area (Å²) in [5.74, 6) is 0.560. The molecule has 0 aliphatic heterocycles. The number of carbonyl (C=O) groups excluding carboxylic acids is 1. The van der Waals surface area contributed by atoms with Crippen LogP contribution in [0.15, 0.2) is 0 Å². The molecule has 104 valence electrons. The maximum absolute atomic E-state index is 11.6. The zero-order chi connectivity index (χ0) is 13.5. The molecule has 1 aliphatic rings. The van der Waals surface area contributed by atoms with Crippen molar-refractivity contribution in [2.24, 2.45) is 11.8 Å². The SMILES string of the molecule is CC1CCC(NC(=O)NCCCC(=O)O)CC1C. The molecule has 3 unspecified atom stereocenters. The lowest BCUT2D eigenvalue weighted by molar-refractivity contribution is -0.137. The van der Waals surface area contributed by atoms with Crippen LogP contribution in [0.25, 0.3) is 0 Å². The monoisotopic (exact) mass is 256 g/mol. The standard InChI is InChI=1S/C13H24N2O3/c1-9-5-6-11(8-10(9)2)15-13(18)14-7-3-4-12(16)17/h9-11H,3-8H2,1-2H3,(H,16,17)(H2,14,15,18). The number of urea groups is 1. The summed E-state index contributed by atoms with van der Waals surface area (Å²) in [6, 6.07) is 0.0859. The van der Waals surface area contributed by atoms with Crippen molar-refractivity contribution in [3.8, 4) is 0 Å². The third-order valence-corrected chi connectivity index (χ3v) is 3.79. The van der Waals surface area contributed by atoms with Crippen molar-refractivity contribution in [1.29, 1.82) is 0 Å². The molecule has 3 N–H and O–H groups in total. The summed E-state index contributed by atoms with van der Waals surface area (Å²) in [4.78, 5) is 21.9. The summed E-state index contributed by atoms with van der Waals surface area (Å²) in [5.41, 5.74) is 0. The van der Waals surface area contributed by atoms with Crippen LogP contribution in [0.1, 0.15) is 46.0 Å². The van der Waals surface area contributed by atoms with Gasteiger partial charge in [-0.25, -0.2) is 4.79 Å². The van der Waals surface area contributed by atoms with E-state index in [1.807, 2.05) is 0 Å². The average Bonchev–Trinajstić information content (AvgIpc) is 2.29. The van der Waals surface area contributed by atoms with Crippen molar-refractivity contribution in [2.75, 3.05) is 6.54 Å². The Morgan fingerprint density at radius 1 is 1.22 bits per heavy atom. The smallest absolute Gasteiger partial charge is 0.315 e. The van der Waals surface area contributed by atoms with Gasteiger partial charge in [-0.15, -0.1) is 0 Å². The first-order valence-electron chi connectivity index (χ1n) is 6.75. The minimum atomic E-state index is -0.827. The molecule has 18 heavy (non-hydrogen) atoms. The highest BCUT2D eigenvalue weighted by atomic mass is 16.4. The zero-order valence-electron chi connectivity index (χ0n) is 11.2. The highest BCUT2D eigenvalue weighted by Crippen LogP contribution is 2.29. The van der Waals surface area contributed by atoms with E-state index < -0.39 is 5.97 Å². The lowest BCUT2D eigenvalue weighted by atomic mass is 9.79. The first kappa shape index (κ1) is 14.8. The van der Waals surface area contributed by atoms with Crippen LogP contribution in [-0.4, -0.2) is 29.7 Å². The van der Waals surface area contributed by atoms with Crippen molar-refractivity contribution in [2.45, 2.75) is 52.0 Å². The Bertz CT molecular complexity index is 294. The molecule has 5 heteroatoms. The summed E-state index contributed by atoms with van der Waals surface area (Å²) in [6.07, 6.45) is 3.79. The lowest BCUT2D eigenvalue weighted by Gasteiger charge is -2.32. The second kappa shape index (κ2) is 7.24. The maximum Gasteiger partial charge on any atom is 0.315 e. The topological polar surface area (TPSA) is 78.4 Å². The number of rotatable bonds is 5. The van der Waals surface area contributed by atoms with Crippen molar-refractivity contribution in [1.82, 2.24) is 10.6 Å². The van der Waals surface area contributed by atoms with Gasteiger partial charge < -0.3 is 15.7 Å². The van der Waals surface area contributed by atoms with Gasteiger partial charge in [-0.1, -0.05) is 13.8 Å². The number of amides is 2. The van der Waals surface area contributed by atoms with E-state index in [4.69, 9.17) is 5.11 Å². The molecule has 2 amide bonds. The fourth-order valence-corrected chi connectivity index (χ4v) is 2.36. The molecule has 0 heterocycles. The van der Waals surface area contributed by atoms with Gasteiger partial charge in [-0.2, -0.15) is 0 Å². The lowest BCUT2D eigenvalue weighted by Crippen LogP contribution is -2.45. The molecule has 0 aromatic carbocycles. The second-order valence-electron chi connectivity index (χ2n) is 5.36. The summed E-state index contributed by atoms with van der Waals surface area (Å²) in [6.45, 7) is 4.90. The Morgan fingerprint density at radius 2 is 1.94 bits per heavy atom. The first-order chi connectivity index (χ1) is 8.49. The van der Waals surface area contributed by atoms with Crippen LogP contribution < -0.4 is 10.6 Å². The van der Waals surface area contributed by atoms with Gasteiger partial charge >= 0.3 is 12.0 Å². The molecule has 3 atom stereocenters. The Morgan fingerprint density at radius 3 is 2.56 bits per heavy atom. The normalized spacial score (nSPS) is 27.6. The minimum Gasteiger partial charge on any atom is -0.481 e. The fourth-order valence-electron chi connectivity index (χ4n) is 2.36. The molecule has 1 fully saturated rings. The molecule has 0 aromatic heterocycles. The van der Waals surface area contributed by atoms with E-state index in [0.29, 0.717) is 18.9 Å². The quantitative estimate of drug-likeness (QED) is 0.658. The minimum absolute atomic E-state index is 0.0955. The van der Waals surface area contributed by atoms with E-state index >= 15 is 0 Å². The largest absolute Gasteiger partial charge is 0.481 e. The number of hydrogen-bond acceptors (Lipinski definition) is 2. The van der Waals surface area contributed by atoms with Gasteiger partial charge in [0.25, 0.3) is 0 Å². The van der Waals surface area contributed by atoms with Crippen molar-refractivity contribution in [3.05, 3.63) is 0 Å². The Kier molecular flexibility index (Phi) is 5.95. The second-order valence-corrected chi connectivity index (χ2v) is 5.36. The van der Waals surface area contributed by atoms with E-state index in [1.165, 1.54) is 0 Å². The zero-order valence-corrected chi connectivity index (χ0v) is 11.2.